The molecule has 1 rings (SSSR count). The maximum absolute atomic E-state index is 11.0. The molecule has 0 aliphatic rings. The van der Waals surface area contributed by atoms with Crippen molar-refractivity contribution >= 4 is 15.7 Å². The Morgan fingerprint density at radius 2 is 1.78 bits per heavy atom. The largest absolute Gasteiger partial charge is 0.382 e. The molecule has 0 aromatic heterocycles. The second-order valence-corrected chi connectivity index (χ2v) is 6.52. The maximum atomic E-state index is 11.0. The van der Waals surface area contributed by atoms with Gasteiger partial charge in [0, 0.05) is 11.7 Å². The van der Waals surface area contributed by atoms with E-state index in [0.29, 0.717) is 17.5 Å². The van der Waals surface area contributed by atoms with E-state index >= 15 is 0 Å². The highest BCUT2D eigenvalue weighted by molar-refractivity contribution is 7.88. The Morgan fingerprint density at radius 1 is 1.22 bits per heavy atom. The van der Waals surface area contributed by atoms with Crippen molar-refractivity contribution in [2.24, 2.45) is 11.1 Å². The van der Waals surface area contributed by atoms with E-state index in [1.807, 2.05) is 12.1 Å². The Bertz CT molecular complexity index is 466. The number of nitrogens with one attached hydrogen (secondary N) is 1. The summed E-state index contributed by atoms with van der Waals surface area (Å²) in [6.07, 6.45) is 1.05. The van der Waals surface area contributed by atoms with Gasteiger partial charge in [-0.1, -0.05) is 32.9 Å². The lowest BCUT2D eigenvalue weighted by molar-refractivity contribution is 0.511. The first kappa shape index (κ1) is 15.0. The molecule has 1 unspecified atom stereocenters. The summed E-state index contributed by atoms with van der Waals surface area (Å²) in [5.74, 6) is 0.438. The van der Waals surface area contributed by atoms with Crippen molar-refractivity contribution in [2.45, 2.75) is 39.0 Å². The molecule has 0 heterocycles. The van der Waals surface area contributed by atoms with Gasteiger partial charge in [-0.25, -0.2) is 13.6 Å². The summed E-state index contributed by atoms with van der Waals surface area (Å²) >= 11 is 0. The zero-order valence-electron chi connectivity index (χ0n) is 11.2. The third-order valence-electron chi connectivity index (χ3n) is 2.92. The second kappa shape index (κ2) is 6.20. The van der Waals surface area contributed by atoms with Crippen molar-refractivity contribution in [3.8, 4) is 0 Å². The van der Waals surface area contributed by atoms with Gasteiger partial charge in [0.2, 0.25) is 10.0 Å². The number of benzene rings is 1. The number of rotatable bonds is 6. The molecule has 0 spiro atoms. The standard InChI is InChI=1S/C13H22N2O2S/c1-4-13(10(2)3)15-12-7-5-11(6-8-12)9-18(14,16)17/h5-8,10,13,15H,4,9H2,1-3H3,(H2,14,16,17). The monoisotopic (exact) mass is 270 g/mol. The third kappa shape index (κ3) is 5.06. The summed E-state index contributed by atoms with van der Waals surface area (Å²) in [4.78, 5) is 0. The topological polar surface area (TPSA) is 72.2 Å². The van der Waals surface area contributed by atoms with Gasteiger partial charge in [-0.3, -0.25) is 0 Å². The molecule has 0 saturated carbocycles. The fourth-order valence-electron chi connectivity index (χ4n) is 1.88. The number of nitrogens with two attached hydrogens (primary N) is 1. The molecule has 0 amide bonds. The van der Waals surface area contributed by atoms with E-state index in [1.165, 1.54) is 0 Å². The van der Waals surface area contributed by atoms with Crippen molar-refractivity contribution in [3.63, 3.8) is 0 Å². The van der Waals surface area contributed by atoms with Gasteiger partial charge in [0.1, 0.15) is 0 Å². The molecule has 1 aromatic rings. The van der Waals surface area contributed by atoms with Crippen molar-refractivity contribution < 1.29 is 8.42 Å². The van der Waals surface area contributed by atoms with E-state index in [-0.39, 0.29) is 5.75 Å². The fraction of sp³-hybridized carbons (Fsp3) is 0.538. The lowest BCUT2D eigenvalue weighted by Gasteiger charge is -2.22. The Kier molecular flexibility index (Phi) is 5.16. The fourth-order valence-corrected chi connectivity index (χ4v) is 2.54. The molecule has 0 aliphatic carbocycles. The van der Waals surface area contributed by atoms with Crippen molar-refractivity contribution in [1.82, 2.24) is 0 Å². The highest BCUT2D eigenvalue weighted by Gasteiger charge is 2.10. The van der Waals surface area contributed by atoms with E-state index in [4.69, 9.17) is 5.14 Å². The average Bonchev–Trinajstić information content (AvgIpc) is 2.25. The van der Waals surface area contributed by atoms with Gasteiger partial charge in [-0.05, 0) is 30.0 Å². The average molecular weight is 270 g/mol. The molecular weight excluding hydrogens is 248 g/mol. The summed E-state index contributed by atoms with van der Waals surface area (Å²) in [6.45, 7) is 6.50. The summed E-state index contributed by atoms with van der Waals surface area (Å²) in [5, 5.41) is 8.44. The molecule has 4 nitrogen and oxygen atoms in total. The van der Waals surface area contributed by atoms with Crippen LogP contribution in [0.4, 0.5) is 5.69 Å². The minimum absolute atomic E-state index is 0.116. The van der Waals surface area contributed by atoms with Gasteiger partial charge in [-0.2, -0.15) is 0 Å². The van der Waals surface area contributed by atoms with E-state index in [9.17, 15) is 8.42 Å². The molecule has 1 aromatic carbocycles. The number of anilines is 1. The SMILES string of the molecule is CCC(Nc1ccc(CS(N)(=O)=O)cc1)C(C)C. The van der Waals surface area contributed by atoms with Gasteiger partial charge >= 0.3 is 0 Å². The van der Waals surface area contributed by atoms with E-state index in [1.54, 1.807) is 12.1 Å². The predicted octanol–water partition coefficient (Wildman–Crippen LogP) is 2.32. The predicted molar refractivity (Wildman–Crippen MR) is 75.8 cm³/mol. The first-order valence-corrected chi connectivity index (χ1v) is 7.89. The summed E-state index contributed by atoms with van der Waals surface area (Å²) < 4.78 is 21.9. The minimum atomic E-state index is -3.45. The Hall–Kier alpha value is -1.07. The van der Waals surface area contributed by atoms with E-state index in [2.05, 4.69) is 26.1 Å². The highest BCUT2D eigenvalue weighted by atomic mass is 32.2. The molecule has 18 heavy (non-hydrogen) atoms. The summed E-state index contributed by atoms with van der Waals surface area (Å²) in [6, 6.07) is 7.80. The quantitative estimate of drug-likeness (QED) is 0.833. The highest BCUT2D eigenvalue weighted by Crippen LogP contribution is 2.16. The van der Waals surface area contributed by atoms with Crippen molar-refractivity contribution in [3.05, 3.63) is 29.8 Å². The van der Waals surface area contributed by atoms with Crippen LogP contribution >= 0.6 is 0 Å². The molecule has 1 atom stereocenters. The van der Waals surface area contributed by atoms with Crippen LogP contribution in [-0.4, -0.2) is 14.5 Å². The van der Waals surface area contributed by atoms with Gasteiger partial charge in [0.25, 0.3) is 0 Å². The van der Waals surface area contributed by atoms with Crippen molar-refractivity contribution in [1.29, 1.82) is 0 Å². The van der Waals surface area contributed by atoms with Crippen LogP contribution in [-0.2, 0) is 15.8 Å². The van der Waals surface area contributed by atoms with Crippen LogP contribution in [0, 0.1) is 5.92 Å². The molecule has 102 valence electrons. The molecule has 0 saturated heterocycles. The molecule has 5 heteroatoms. The van der Waals surface area contributed by atoms with Gasteiger partial charge in [0.05, 0.1) is 5.75 Å². The number of sulfonamides is 1. The van der Waals surface area contributed by atoms with E-state index < -0.39 is 10.0 Å². The van der Waals surface area contributed by atoms with Crippen LogP contribution in [0.1, 0.15) is 32.8 Å². The molecular formula is C13H22N2O2S. The van der Waals surface area contributed by atoms with Crippen LogP contribution in [0.2, 0.25) is 0 Å². The lowest BCUT2D eigenvalue weighted by atomic mass is 10.0. The van der Waals surface area contributed by atoms with Crippen LogP contribution in [0.15, 0.2) is 24.3 Å². The molecule has 0 aliphatic heterocycles. The van der Waals surface area contributed by atoms with Gasteiger partial charge in [0.15, 0.2) is 0 Å². The number of hydrogen-bond donors (Lipinski definition) is 2. The number of primary sulfonamides is 1. The first-order chi connectivity index (χ1) is 8.31. The smallest absolute Gasteiger partial charge is 0.213 e. The zero-order valence-corrected chi connectivity index (χ0v) is 12.0. The third-order valence-corrected chi connectivity index (χ3v) is 3.65. The van der Waals surface area contributed by atoms with Gasteiger partial charge in [-0.15, -0.1) is 0 Å². The second-order valence-electron chi connectivity index (χ2n) is 4.91. The van der Waals surface area contributed by atoms with Crippen LogP contribution < -0.4 is 10.5 Å². The summed E-state index contributed by atoms with van der Waals surface area (Å²) in [5.41, 5.74) is 1.72. The zero-order chi connectivity index (χ0) is 13.8. The van der Waals surface area contributed by atoms with Crippen molar-refractivity contribution in [2.75, 3.05) is 5.32 Å². The maximum Gasteiger partial charge on any atom is 0.213 e. The minimum Gasteiger partial charge on any atom is -0.382 e. The van der Waals surface area contributed by atoms with Gasteiger partial charge < -0.3 is 5.32 Å². The van der Waals surface area contributed by atoms with Crippen LogP contribution in [0.3, 0.4) is 0 Å². The molecule has 0 bridgehead atoms. The molecule has 0 radical (unpaired) electrons. The Balaban J connectivity index is 2.71. The number of hydrogen-bond acceptors (Lipinski definition) is 3. The van der Waals surface area contributed by atoms with Crippen LogP contribution in [0.5, 0.6) is 0 Å². The molecule has 3 N–H and O–H groups in total. The summed E-state index contributed by atoms with van der Waals surface area (Å²) in [7, 11) is -3.45. The molecule has 0 fully saturated rings. The Morgan fingerprint density at radius 3 is 2.17 bits per heavy atom. The Labute approximate surface area is 110 Å². The lowest BCUT2D eigenvalue weighted by Crippen LogP contribution is -2.24. The first-order valence-electron chi connectivity index (χ1n) is 6.17. The van der Waals surface area contributed by atoms with E-state index in [0.717, 1.165) is 12.1 Å². The van der Waals surface area contributed by atoms with Crippen LogP contribution in [0.25, 0.3) is 0 Å². The normalized spacial score (nSPS) is 13.6.